The third-order valence-electron chi connectivity index (χ3n) is 3.52. The SMILES string of the molecule is CC(C)CC[C@H](NC(=O)OC(C)(C)C)C(=O)C1C(=O)OC(C)(C)OC1=O. The van der Waals surface area contributed by atoms with Gasteiger partial charge >= 0.3 is 18.0 Å². The molecule has 1 N–H and O–H groups in total. The molecule has 0 spiro atoms. The fourth-order valence-electron chi connectivity index (χ4n) is 2.39. The molecule has 8 heteroatoms. The molecule has 1 fully saturated rings. The van der Waals surface area contributed by atoms with Crippen LogP contribution in [0.2, 0.25) is 0 Å². The molecule has 0 aromatic carbocycles. The highest BCUT2D eigenvalue weighted by Gasteiger charge is 2.49. The fraction of sp³-hybridized carbons (Fsp3) is 0.778. The van der Waals surface area contributed by atoms with Crippen molar-refractivity contribution in [2.75, 3.05) is 0 Å². The molecule has 1 saturated heterocycles. The number of Topliss-reactive ketones (excluding diaryl/α,β-unsaturated/α-hetero) is 1. The van der Waals surface area contributed by atoms with Crippen molar-refractivity contribution in [3.63, 3.8) is 0 Å². The van der Waals surface area contributed by atoms with Gasteiger partial charge in [0.2, 0.25) is 5.92 Å². The Morgan fingerprint density at radius 1 is 1.12 bits per heavy atom. The van der Waals surface area contributed by atoms with Crippen LogP contribution in [-0.4, -0.2) is 41.2 Å². The first-order valence-electron chi connectivity index (χ1n) is 8.71. The fourth-order valence-corrected chi connectivity index (χ4v) is 2.39. The van der Waals surface area contributed by atoms with E-state index in [9.17, 15) is 19.2 Å². The van der Waals surface area contributed by atoms with E-state index in [1.165, 1.54) is 13.8 Å². The Morgan fingerprint density at radius 2 is 1.62 bits per heavy atom. The van der Waals surface area contributed by atoms with E-state index < -0.39 is 47.2 Å². The highest BCUT2D eigenvalue weighted by atomic mass is 16.7. The second kappa shape index (κ2) is 8.05. The lowest BCUT2D eigenvalue weighted by Gasteiger charge is -2.33. The van der Waals surface area contributed by atoms with E-state index in [0.717, 1.165) is 0 Å². The van der Waals surface area contributed by atoms with Crippen LogP contribution >= 0.6 is 0 Å². The molecule has 26 heavy (non-hydrogen) atoms. The molecule has 0 saturated carbocycles. The number of cyclic esters (lactones) is 2. The van der Waals surface area contributed by atoms with Crippen LogP contribution in [0.3, 0.4) is 0 Å². The Hall–Kier alpha value is -2.12. The maximum absolute atomic E-state index is 12.8. The molecule has 1 atom stereocenters. The van der Waals surface area contributed by atoms with E-state index in [4.69, 9.17) is 14.2 Å². The second-order valence-electron chi connectivity index (χ2n) is 8.25. The van der Waals surface area contributed by atoms with Crippen molar-refractivity contribution in [1.82, 2.24) is 5.32 Å². The van der Waals surface area contributed by atoms with Crippen LogP contribution in [-0.2, 0) is 28.6 Å². The first-order chi connectivity index (χ1) is 11.7. The summed E-state index contributed by atoms with van der Waals surface area (Å²) in [7, 11) is 0. The minimum absolute atomic E-state index is 0.259. The van der Waals surface area contributed by atoms with Gasteiger partial charge < -0.3 is 19.5 Å². The van der Waals surface area contributed by atoms with Crippen LogP contribution in [0.15, 0.2) is 0 Å². The summed E-state index contributed by atoms with van der Waals surface area (Å²) in [5.74, 6) is -5.59. The summed E-state index contributed by atoms with van der Waals surface area (Å²) in [4.78, 5) is 49.1. The van der Waals surface area contributed by atoms with E-state index in [1.807, 2.05) is 13.8 Å². The number of alkyl carbamates (subject to hydrolysis) is 1. The predicted molar refractivity (Wildman–Crippen MR) is 92.0 cm³/mol. The van der Waals surface area contributed by atoms with Crippen LogP contribution in [0.4, 0.5) is 4.79 Å². The summed E-state index contributed by atoms with van der Waals surface area (Å²) in [5, 5.41) is 2.46. The number of carbonyl (C=O) groups is 4. The van der Waals surface area contributed by atoms with Crippen LogP contribution < -0.4 is 5.32 Å². The normalized spacial score (nSPS) is 18.8. The third kappa shape index (κ3) is 6.65. The van der Waals surface area contributed by atoms with Crippen LogP contribution in [0, 0.1) is 11.8 Å². The highest BCUT2D eigenvalue weighted by molar-refractivity contribution is 6.17. The molecule has 1 aliphatic heterocycles. The first kappa shape index (κ1) is 21.9. The lowest BCUT2D eigenvalue weighted by Crippen LogP contribution is -2.54. The van der Waals surface area contributed by atoms with Gasteiger partial charge in [-0.3, -0.25) is 14.4 Å². The number of nitrogens with one attached hydrogen (secondary N) is 1. The zero-order valence-corrected chi connectivity index (χ0v) is 16.5. The quantitative estimate of drug-likeness (QED) is 0.564. The smallest absolute Gasteiger partial charge is 0.408 e. The number of carbonyl (C=O) groups excluding carboxylic acids is 4. The van der Waals surface area contributed by atoms with Gasteiger partial charge in [-0.1, -0.05) is 13.8 Å². The van der Waals surface area contributed by atoms with Crippen molar-refractivity contribution < 1.29 is 33.4 Å². The molecule has 148 valence electrons. The van der Waals surface area contributed by atoms with Crippen molar-refractivity contribution in [1.29, 1.82) is 0 Å². The summed E-state index contributed by atoms with van der Waals surface area (Å²) in [5.41, 5.74) is -0.748. The molecule has 0 aliphatic carbocycles. The van der Waals surface area contributed by atoms with Crippen molar-refractivity contribution in [2.24, 2.45) is 11.8 Å². The summed E-state index contributed by atoms with van der Waals surface area (Å²) in [6.45, 7) is 11.8. The van der Waals surface area contributed by atoms with Gasteiger partial charge in [0.05, 0.1) is 6.04 Å². The number of hydrogen-bond donors (Lipinski definition) is 1. The molecule has 0 aromatic rings. The van der Waals surface area contributed by atoms with Gasteiger partial charge in [-0.15, -0.1) is 0 Å². The van der Waals surface area contributed by atoms with E-state index in [1.54, 1.807) is 20.8 Å². The number of ketones is 1. The molecule has 0 unspecified atom stereocenters. The average molecular weight is 371 g/mol. The van der Waals surface area contributed by atoms with E-state index in [-0.39, 0.29) is 12.3 Å². The molecular formula is C18H29NO7. The monoisotopic (exact) mass is 371 g/mol. The summed E-state index contributed by atoms with van der Waals surface area (Å²) >= 11 is 0. The Morgan fingerprint density at radius 3 is 2.04 bits per heavy atom. The zero-order chi connectivity index (χ0) is 20.3. The summed E-state index contributed by atoms with van der Waals surface area (Å²) < 4.78 is 15.1. The van der Waals surface area contributed by atoms with Crippen molar-refractivity contribution in [3.05, 3.63) is 0 Å². The van der Waals surface area contributed by atoms with Gasteiger partial charge in [-0.05, 0) is 39.5 Å². The van der Waals surface area contributed by atoms with Gasteiger partial charge in [-0.2, -0.15) is 0 Å². The number of hydrogen-bond acceptors (Lipinski definition) is 7. The van der Waals surface area contributed by atoms with Gasteiger partial charge in [0.25, 0.3) is 5.79 Å². The minimum atomic E-state index is -1.71. The lowest BCUT2D eigenvalue weighted by atomic mass is 9.92. The van der Waals surface area contributed by atoms with E-state index >= 15 is 0 Å². The molecule has 1 aliphatic rings. The minimum Gasteiger partial charge on any atom is -0.444 e. The number of rotatable bonds is 6. The van der Waals surface area contributed by atoms with E-state index in [0.29, 0.717) is 6.42 Å². The zero-order valence-electron chi connectivity index (χ0n) is 16.5. The third-order valence-corrected chi connectivity index (χ3v) is 3.52. The molecular weight excluding hydrogens is 342 g/mol. The van der Waals surface area contributed by atoms with Crippen molar-refractivity contribution >= 4 is 23.8 Å². The molecule has 0 bridgehead atoms. The van der Waals surface area contributed by atoms with Crippen LogP contribution in [0.1, 0.15) is 61.3 Å². The van der Waals surface area contributed by atoms with Crippen molar-refractivity contribution in [3.8, 4) is 0 Å². The van der Waals surface area contributed by atoms with Gasteiger partial charge in [-0.25, -0.2) is 4.79 Å². The average Bonchev–Trinajstić information content (AvgIpc) is 2.38. The number of esters is 2. The van der Waals surface area contributed by atoms with Crippen LogP contribution in [0.5, 0.6) is 0 Å². The molecule has 0 radical (unpaired) electrons. The molecule has 0 aromatic heterocycles. The second-order valence-corrected chi connectivity index (χ2v) is 8.25. The number of ether oxygens (including phenoxy) is 3. The Balaban J connectivity index is 2.94. The van der Waals surface area contributed by atoms with E-state index in [2.05, 4.69) is 5.32 Å². The van der Waals surface area contributed by atoms with Gasteiger partial charge in [0.15, 0.2) is 5.78 Å². The summed E-state index contributed by atoms with van der Waals surface area (Å²) in [6.07, 6.45) is 0.0718. The predicted octanol–water partition coefficient (Wildman–Crippen LogP) is 2.34. The Labute approximate surface area is 153 Å². The first-order valence-corrected chi connectivity index (χ1v) is 8.71. The molecule has 8 nitrogen and oxygen atoms in total. The van der Waals surface area contributed by atoms with Crippen molar-refractivity contribution in [2.45, 2.75) is 78.7 Å². The standard InChI is InChI=1S/C18H29NO7/c1-10(2)8-9-11(19-16(23)26-17(3,4)5)13(20)12-14(21)24-18(6,7)25-15(12)22/h10-12H,8-9H2,1-7H3,(H,19,23)/t11-/m0/s1. The molecule has 1 amide bonds. The maximum Gasteiger partial charge on any atom is 0.408 e. The maximum atomic E-state index is 12.8. The summed E-state index contributed by atoms with van der Waals surface area (Å²) in [6, 6.07) is -1.06. The van der Waals surface area contributed by atoms with Gasteiger partial charge in [0.1, 0.15) is 5.60 Å². The molecule has 1 rings (SSSR count). The number of amides is 1. The van der Waals surface area contributed by atoms with Gasteiger partial charge in [0, 0.05) is 13.8 Å². The highest BCUT2D eigenvalue weighted by Crippen LogP contribution is 2.25. The Kier molecular flexibility index (Phi) is 6.79. The lowest BCUT2D eigenvalue weighted by molar-refractivity contribution is -0.238. The molecule has 1 heterocycles. The Bertz CT molecular complexity index is 555. The van der Waals surface area contributed by atoms with Crippen LogP contribution in [0.25, 0.3) is 0 Å². The topological polar surface area (TPSA) is 108 Å². The largest absolute Gasteiger partial charge is 0.444 e.